The van der Waals surface area contributed by atoms with Crippen molar-refractivity contribution in [3.63, 3.8) is 0 Å². The van der Waals surface area contributed by atoms with Crippen LogP contribution in [0.3, 0.4) is 0 Å². The summed E-state index contributed by atoms with van der Waals surface area (Å²) in [5, 5.41) is 3.39. The Balaban J connectivity index is 1.94. The van der Waals surface area contributed by atoms with Crippen LogP contribution in [-0.4, -0.2) is 38.1 Å². The zero-order valence-corrected chi connectivity index (χ0v) is 14.5. The predicted octanol–water partition coefficient (Wildman–Crippen LogP) is 2.66. The van der Waals surface area contributed by atoms with Gasteiger partial charge in [0.15, 0.2) is 0 Å². The Hall–Kier alpha value is -0.500. The molecule has 1 N–H and O–H groups in total. The summed E-state index contributed by atoms with van der Waals surface area (Å²) in [6.07, 6.45) is 2.73. The number of piperidine rings is 1. The van der Waals surface area contributed by atoms with E-state index in [1.807, 2.05) is 13.0 Å². The SMILES string of the molecule is CC(NC1CCN(S(C)(=O)=O)CC1)c1ccc(Br)cc1F. The van der Waals surface area contributed by atoms with Crippen LogP contribution in [0.15, 0.2) is 22.7 Å². The number of benzene rings is 1. The molecule has 1 saturated heterocycles. The van der Waals surface area contributed by atoms with Gasteiger partial charge in [-0.25, -0.2) is 17.1 Å². The molecule has 0 amide bonds. The van der Waals surface area contributed by atoms with Crippen molar-refractivity contribution in [3.8, 4) is 0 Å². The van der Waals surface area contributed by atoms with Gasteiger partial charge < -0.3 is 5.32 Å². The van der Waals surface area contributed by atoms with Gasteiger partial charge in [-0.3, -0.25) is 0 Å². The fourth-order valence-corrected chi connectivity index (χ4v) is 3.86. The third kappa shape index (κ3) is 4.48. The van der Waals surface area contributed by atoms with Gasteiger partial charge in [-0.05, 0) is 31.9 Å². The summed E-state index contributed by atoms with van der Waals surface area (Å²) < 4.78 is 39.1. The summed E-state index contributed by atoms with van der Waals surface area (Å²) in [6.45, 7) is 2.97. The third-order valence-corrected chi connectivity index (χ3v) is 5.63. The summed E-state index contributed by atoms with van der Waals surface area (Å²) in [5.41, 5.74) is 0.628. The van der Waals surface area contributed by atoms with Crippen LogP contribution in [0.1, 0.15) is 31.4 Å². The van der Waals surface area contributed by atoms with Crippen LogP contribution in [0.4, 0.5) is 4.39 Å². The molecule has 1 heterocycles. The first-order valence-electron chi connectivity index (χ1n) is 6.93. The Kier molecular flexibility index (Phi) is 5.40. The van der Waals surface area contributed by atoms with Crippen LogP contribution in [-0.2, 0) is 10.0 Å². The van der Waals surface area contributed by atoms with Crippen LogP contribution in [0.5, 0.6) is 0 Å². The lowest BCUT2D eigenvalue weighted by Crippen LogP contribution is -2.45. The average Bonchev–Trinajstić information content (AvgIpc) is 2.38. The lowest BCUT2D eigenvalue weighted by atomic mass is 10.0. The average molecular weight is 379 g/mol. The van der Waals surface area contributed by atoms with Crippen molar-refractivity contribution in [1.29, 1.82) is 0 Å². The molecule has 1 aromatic rings. The molecule has 0 saturated carbocycles. The normalized spacial score (nSPS) is 19.6. The monoisotopic (exact) mass is 378 g/mol. The molecule has 7 heteroatoms. The zero-order valence-electron chi connectivity index (χ0n) is 12.1. The lowest BCUT2D eigenvalue weighted by molar-refractivity contribution is 0.277. The van der Waals surface area contributed by atoms with Gasteiger partial charge in [0.05, 0.1) is 6.26 Å². The van der Waals surface area contributed by atoms with Crippen LogP contribution in [0.25, 0.3) is 0 Å². The van der Waals surface area contributed by atoms with Crippen molar-refractivity contribution in [1.82, 2.24) is 9.62 Å². The number of halogens is 2. The molecular formula is C14H20BrFN2O2S. The molecule has 1 fully saturated rings. The van der Waals surface area contributed by atoms with Crippen molar-refractivity contribution < 1.29 is 12.8 Å². The molecule has 0 aliphatic carbocycles. The summed E-state index contributed by atoms with van der Waals surface area (Å²) in [7, 11) is -3.10. The Labute approximate surface area is 133 Å². The number of nitrogens with one attached hydrogen (secondary N) is 1. The van der Waals surface area contributed by atoms with Gasteiger partial charge in [-0.1, -0.05) is 22.0 Å². The van der Waals surface area contributed by atoms with E-state index in [0.717, 1.165) is 17.3 Å². The smallest absolute Gasteiger partial charge is 0.211 e. The van der Waals surface area contributed by atoms with E-state index >= 15 is 0 Å². The molecular weight excluding hydrogens is 359 g/mol. The van der Waals surface area contributed by atoms with E-state index in [2.05, 4.69) is 21.2 Å². The van der Waals surface area contributed by atoms with E-state index in [-0.39, 0.29) is 17.9 Å². The van der Waals surface area contributed by atoms with Crippen LogP contribution >= 0.6 is 15.9 Å². The molecule has 118 valence electrons. The number of hydrogen-bond acceptors (Lipinski definition) is 3. The summed E-state index contributed by atoms with van der Waals surface area (Å²) >= 11 is 3.25. The minimum atomic E-state index is -3.10. The maximum atomic E-state index is 13.9. The molecule has 0 spiro atoms. The highest BCUT2D eigenvalue weighted by atomic mass is 79.9. The van der Waals surface area contributed by atoms with Crippen molar-refractivity contribution in [2.75, 3.05) is 19.3 Å². The van der Waals surface area contributed by atoms with Crippen LogP contribution < -0.4 is 5.32 Å². The molecule has 1 atom stereocenters. The molecule has 2 rings (SSSR count). The second-order valence-corrected chi connectivity index (χ2v) is 8.39. The van der Waals surface area contributed by atoms with Crippen LogP contribution in [0, 0.1) is 5.82 Å². The predicted molar refractivity (Wildman–Crippen MR) is 85.1 cm³/mol. The van der Waals surface area contributed by atoms with E-state index in [4.69, 9.17) is 0 Å². The molecule has 1 aromatic carbocycles. The minimum Gasteiger partial charge on any atom is -0.307 e. The number of hydrogen-bond donors (Lipinski definition) is 1. The van der Waals surface area contributed by atoms with Crippen molar-refractivity contribution in [3.05, 3.63) is 34.1 Å². The fourth-order valence-electron chi connectivity index (χ4n) is 2.65. The van der Waals surface area contributed by atoms with Gasteiger partial charge in [0.1, 0.15) is 5.82 Å². The second-order valence-electron chi connectivity index (χ2n) is 5.49. The first-order valence-corrected chi connectivity index (χ1v) is 9.57. The number of rotatable bonds is 4. The number of nitrogens with zero attached hydrogens (tertiary/aromatic N) is 1. The van der Waals surface area contributed by atoms with Gasteiger partial charge in [-0.15, -0.1) is 0 Å². The molecule has 1 aliphatic rings. The van der Waals surface area contributed by atoms with E-state index < -0.39 is 10.0 Å². The van der Waals surface area contributed by atoms with Crippen molar-refractivity contribution >= 4 is 26.0 Å². The standard InChI is InChI=1S/C14H20BrFN2O2S/c1-10(13-4-3-11(15)9-14(13)16)17-12-5-7-18(8-6-12)21(2,19)20/h3-4,9-10,12,17H,5-8H2,1-2H3. The van der Waals surface area contributed by atoms with Crippen molar-refractivity contribution in [2.24, 2.45) is 0 Å². The first-order chi connectivity index (χ1) is 9.77. The lowest BCUT2D eigenvalue weighted by Gasteiger charge is -2.32. The maximum absolute atomic E-state index is 13.9. The Morgan fingerprint density at radius 2 is 2.00 bits per heavy atom. The molecule has 21 heavy (non-hydrogen) atoms. The first kappa shape index (κ1) is 16.9. The van der Waals surface area contributed by atoms with Gasteiger partial charge in [0.2, 0.25) is 10.0 Å². The highest BCUT2D eigenvalue weighted by Gasteiger charge is 2.26. The van der Waals surface area contributed by atoms with Crippen LogP contribution in [0.2, 0.25) is 0 Å². The Bertz CT molecular complexity index is 601. The fraction of sp³-hybridized carbons (Fsp3) is 0.571. The van der Waals surface area contributed by atoms with E-state index in [1.54, 1.807) is 6.07 Å². The summed E-state index contributed by atoms with van der Waals surface area (Å²) in [5.74, 6) is -0.238. The topological polar surface area (TPSA) is 49.4 Å². The largest absolute Gasteiger partial charge is 0.307 e. The highest BCUT2D eigenvalue weighted by Crippen LogP contribution is 2.23. The molecule has 1 aliphatic heterocycles. The zero-order chi connectivity index (χ0) is 15.6. The van der Waals surface area contributed by atoms with Gasteiger partial charge >= 0.3 is 0 Å². The van der Waals surface area contributed by atoms with Crippen molar-refractivity contribution in [2.45, 2.75) is 31.8 Å². The van der Waals surface area contributed by atoms with E-state index in [0.29, 0.717) is 18.7 Å². The summed E-state index contributed by atoms with van der Waals surface area (Å²) in [4.78, 5) is 0. The number of sulfonamides is 1. The molecule has 0 bridgehead atoms. The third-order valence-electron chi connectivity index (χ3n) is 3.84. The highest BCUT2D eigenvalue weighted by molar-refractivity contribution is 9.10. The minimum absolute atomic E-state index is 0.104. The second kappa shape index (κ2) is 6.73. The Morgan fingerprint density at radius 1 is 1.38 bits per heavy atom. The molecule has 1 unspecified atom stereocenters. The van der Waals surface area contributed by atoms with E-state index in [9.17, 15) is 12.8 Å². The molecule has 4 nitrogen and oxygen atoms in total. The van der Waals surface area contributed by atoms with Gasteiger partial charge in [0, 0.05) is 35.2 Å². The quantitative estimate of drug-likeness (QED) is 0.875. The Morgan fingerprint density at radius 3 is 2.52 bits per heavy atom. The maximum Gasteiger partial charge on any atom is 0.211 e. The van der Waals surface area contributed by atoms with Gasteiger partial charge in [-0.2, -0.15) is 0 Å². The molecule has 0 radical (unpaired) electrons. The van der Waals surface area contributed by atoms with Gasteiger partial charge in [0.25, 0.3) is 0 Å². The molecule has 0 aromatic heterocycles. The summed E-state index contributed by atoms with van der Waals surface area (Å²) in [6, 6.07) is 5.15. The van der Waals surface area contributed by atoms with E-state index in [1.165, 1.54) is 16.6 Å².